The number of hydrogen-bond donors (Lipinski definition) is 1. The van der Waals surface area contributed by atoms with Crippen LogP contribution < -0.4 is 0 Å². The third-order valence-corrected chi connectivity index (χ3v) is 7.44. The predicted molar refractivity (Wildman–Crippen MR) is 115 cm³/mol. The van der Waals surface area contributed by atoms with Crippen LogP contribution in [0.2, 0.25) is 0 Å². The first-order valence-corrected chi connectivity index (χ1v) is 11.1. The maximum atomic E-state index is 13.6. The van der Waals surface area contributed by atoms with Gasteiger partial charge in [-0.1, -0.05) is 0 Å². The molecule has 160 valence electrons. The molecule has 0 spiro atoms. The molecule has 2 atom stereocenters. The largest absolute Gasteiger partial charge is 0.597 e. The number of carbonyl (C=O) groups is 2. The Labute approximate surface area is 180 Å². The van der Waals surface area contributed by atoms with Crippen LogP contribution in [0.1, 0.15) is 54.8 Å². The molecule has 3 aromatic rings. The third-order valence-electron chi connectivity index (χ3n) is 4.69. The van der Waals surface area contributed by atoms with Crippen molar-refractivity contribution in [1.82, 2.24) is 13.9 Å². The van der Waals surface area contributed by atoms with Crippen LogP contribution >= 0.6 is 11.3 Å². The molecular weight excluding hydrogens is 429 g/mol. The molecule has 0 unspecified atom stereocenters. The minimum atomic E-state index is -1.32. The number of halogens is 1. The fraction of sp³-hybridized carbons (Fsp3) is 0.350. The fourth-order valence-electron chi connectivity index (χ4n) is 3.00. The summed E-state index contributed by atoms with van der Waals surface area (Å²) in [6.45, 7) is 7.49. The average molecular weight is 452 g/mol. The molecule has 2 heterocycles. The number of thiazole rings is 1. The minimum absolute atomic E-state index is 0.0938. The molecule has 7 nitrogen and oxygen atoms in total. The van der Waals surface area contributed by atoms with Crippen LogP contribution in [0.5, 0.6) is 0 Å². The number of ketones is 1. The molecule has 0 saturated carbocycles. The lowest BCUT2D eigenvalue weighted by Crippen LogP contribution is -2.42. The van der Waals surface area contributed by atoms with Gasteiger partial charge in [0, 0.05) is 35.4 Å². The van der Waals surface area contributed by atoms with Gasteiger partial charge in [0.2, 0.25) is 5.78 Å². The van der Waals surface area contributed by atoms with Gasteiger partial charge in [0.15, 0.2) is 5.01 Å². The molecule has 10 heteroatoms. The molecule has 0 radical (unpaired) electrons. The van der Waals surface area contributed by atoms with Crippen molar-refractivity contribution in [3.8, 4) is 0 Å². The number of carboxylic acid groups (broad SMARTS) is 1. The lowest BCUT2D eigenvalue weighted by atomic mass is 10.1. The first kappa shape index (κ1) is 22.4. The summed E-state index contributed by atoms with van der Waals surface area (Å²) in [6, 6.07) is 3.34. The Balaban J connectivity index is 1.95. The third kappa shape index (κ3) is 4.13. The topological polar surface area (TPSA) is 98.5 Å². The van der Waals surface area contributed by atoms with E-state index >= 15 is 0 Å². The fourth-order valence-corrected chi connectivity index (χ4v) is 5.11. The van der Waals surface area contributed by atoms with Crippen molar-refractivity contribution in [3.63, 3.8) is 0 Å². The van der Waals surface area contributed by atoms with Crippen LogP contribution in [-0.4, -0.2) is 47.2 Å². The quantitative estimate of drug-likeness (QED) is 0.455. The van der Waals surface area contributed by atoms with Crippen LogP contribution in [0.3, 0.4) is 0 Å². The maximum absolute atomic E-state index is 13.6. The van der Waals surface area contributed by atoms with E-state index < -0.39 is 33.8 Å². The molecule has 0 amide bonds. The van der Waals surface area contributed by atoms with Crippen LogP contribution in [0, 0.1) is 5.82 Å². The molecule has 30 heavy (non-hydrogen) atoms. The number of nitrogens with zero attached hydrogens (tertiary/aromatic N) is 3. The summed E-state index contributed by atoms with van der Waals surface area (Å²) in [5.74, 6) is -1.04. The summed E-state index contributed by atoms with van der Waals surface area (Å²) in [5.41, 5.74) is 0.820. The van der Waals surface area contributed by atoms with Crippen molar-refractivity contribution < 1.29 is 23.6 Å². The molecule has 0 saturated heterocycles. The first-order chi connectivity index (χ1) is 13.9. The van der Waals surface area contributed by atoms with E-state index in [9.17, 15) is 23.6 Å². The monoisotopic (exact) mass is 451 g/mol. The van der Waals surface area contributed by atoms with E-state index in [1.807, 2.05) is 27.7 Å². The van der Waals surface area contributed by atoms with Crippen molar-refractivity contribution in [1.29, 1.82) is 0 Å². The Morgan fingerprint density at radius 2 is 2.03 bits per heavy atom. The van der Waals surface area contributed by atoms with Crippen LogP contribution in [0.25, 0.3) is 10.9 Å². The van der Waals surface area contributed by atoms with Gasteiger partial charge in [-0.05, 0) is 45.9 Å². The summed E-state index contributed by atoms with van der Waals surface area (Å²) in [6.07, 6.45) is -0.135. The zero-order valence-electron chi connectivity index (χ0n) is 17.2. The average Bonchev–Trinajstić information content (AvgIpc) is 3.29. The Kier molecular flexibility index (Phi) is 6.06. The maximum Gasteiger partial charge on any atom is 0.416 e. The Hall–Kier alpha value is -2.27. The molecule has 1 N–H and O–H groups in total. The first-order valence-electron chi connectivity index (χ1n) is 9.10. The highest BCUT2D eigenvalue weighted by atomic mass is 32.2. The van der Waals surface area contributed by atoms with Crippen molar-refractivity contribution in [2.75, 3.05) is 7.05 Å². The molecule has 0 aliphatic rings. The molecule has 0 fully saturated rings. The van der Waals surface area contributed by atoms with Crippen molar-refractivity contribution in [3.05, 3.63) is 51.9 Å². The van der Waals surface area contributed by atoms with Crippen molar-refractivity contribution in [2.45, 2.75) is 38.5 Å². The smallest absolute Gasteiger partial charge is 0.416 e. The van der Waals surface area contributed by atoms with Gasteiger partial charge in [-0.15, -0.1) is 15.6 Å². The van der Waals surface area contributed by atoms with Crippen molar-refractivity contribution >= 4 is 45.5 Å². The van der Waals surface area contributed by atoms with Gasteiger partial charge in [0.25, 0.3) is 0 Å². The zero-order valence-corrected chi connectivity index (χ0v) is 18.8. The number of aromatic nitrogens is 2. The zero-order chi connectivity index (χ0) is 22.4. The summed E-state index contributed by atoms with van der Waals surface area (Å²) in [7, 11) is 1.74. The van der Waals surface area contributed by atoms with Gasteiger partial charge in [-0.25, -0.2) is 14.2 Å². The number of carbonyl (C=O) groups excluding carboxylic acids is 1. The Morgan fingerprint density at radius 3 is 2.63 bits per heavy atom. The summed E-state index contributed by atoms with van der Waals surface area (Å²) in [4.78, 5) is 29.0. The predicted octanol–water partition coefficient (Wildman–Crippen LogP) is 4.45. The number of hydrogen-bond acceptors (Lipinski definition) is 6. The summed E-state index contributed by atoms with van der Waals surface area (Å²) < 4.78 is 28.3. The van der Waals surface area contributed by atoms with Gasteiger partial charge in [0.05, 0.1) is 22.8 Å². The molecular formula is C20H22FN3O4S2. The van der Waals surface area contributed by atoms with Gasteiger partial charge < -0.3 is 9.66 Å². The summed E-state index contributed by atoms with van der Waals surface area (Å²) in [5, 5.41) is 11.6. The standard InChI is InChI=1S/C20H22FN3O4S2/c1-11(23(5)30(28)20(2,3)4)15-10-29-18(22-15)17(25)14-9-24(19(26)27)16-8-12(21)6-7-13(14)16/h6-11H,1-5H3,(H,26,27)/t11-,30-/m0/s1. The van der Waals surface area contributed by atoms with Gasteiger partial charge >= 0.3 is 6.09 Å². The molecule has 0 aliphatic carbocycles. The highest BCUT2D eigenvalue weighted by Crippen LogP contribution is 2.30. The van der Waals surface area contributed by atoms with Gasteiger partial charge in [-0.3, -0.25) is 9.36 Å². The van der Waals surface area contributed by atoms with Crippen LogP contribution in [0.4, 0.5) is 9.18 Å². The molecule has 1 aromatic carbocycles. The number of rotatable bonds is 5. The lowest BCUT2D eigenvalue weighted by Gasteiger charge is -2.32. The van der Waals surface area contributed by atoms with Crippen molar-refractivity contribution in [2.24, 2.45) is 0 Å². The SMILES string of the molecule is C[C@@H](c1csc(C(=O)c2cn(C(=O)O)c3cc(F)ccc23)n1)N(C)[S@@+]([O-])C(C)(C)C. The van der Waals surface area contributed by atoms with E-state index in [1.165, 1.54) is 18.3 Å². The lowest BCUT2D eigenvalue weighted by molar-refractivity contribution is 0.103. The van der Waals surface area contributed by atoms with E-state index in [0.717, 1.165) is 22.0 Å². The van der Waals surface area contributed by atoms with Gasteiger partial charge in [0.1, 0.15) is 10.6 Å². The second-order valence-corrected chi connectivity index (χ2v) is 11.0. The van der Waals surface area contributed by atoms with E-state index in [1.54, 1.807) is 16.7 Å². The van der Waals surface area contributed by atoms with Crippen LogP contribution in [-0.2, 0) is 11.4 Å². The van der Waals surface area contributed by atoms with E-state index in [0.29, 0.717) is 11.1 Å². The highest BCUT2D eigenvalue weighted by Gasteiger charge is 2.35. The molecule has 0 aliphatic heterocycles. The molecule has 0 bridgehead atoms. The number of benzene rings is 1. The van der Waals surface area contributed by atoms with Crippen LogP contribution in [0.15, 0.2) is 29.8 Å². The van der Waals surface area contributed by atoms with Gasteiger partial charge in [-0.2, -0.15) is 0 Å². The minimum Gasteiger partial charge on any atom is -0.597 e. The Morgan fingerprint density at radius 1 is 1.37 bits per heavy atom. The number of fused-ring (bicyclic) bond motifs is 1. The highest BCUT2D eigenvalue weighted by molar-refractivity contribution is 7.90. The Bertz CT molecular complexity index is 1120. The van der Waals surface area contributed by atoms with E-state index in [-0.39, 0.29) is 22.1 Å². The summed E-state index contributed by atoms with van der Waals surface area (Å²) >= 11 is -0.134. The molecule has 2 aromatic heterocycles. The normalized spacial score (nSPS) is 14.3. The second-order valence-electron chi connectivity index (χ2n) is 7.85. The van der Waals surface area contributed by atoms with E-state index in [2.05, 4.69) is 4.98 Å². The second kappa shape index (κ2) is 8.10. The van der Waals surface area contributed by atoms with E-state index in [4.69, 9.17) is 0 Å². The molecule has 3 rings (SSSR count).